The van der Waals surface area contributed by atoms with Crippen LogP contribution >= 0.6 is 34.9 Å². The van der Waals surface area contributed by atoms with Gasteiger partial charge in [0.15, 0.2) is 8.68 Å². The summed E-state index contributed by atoms with van der Waals surface area (Å²) in [6, 6.07) is 8.39. The molecule has 1 aromatic heterocycles. The average Bonchev–Trinajstić information content (AvgIpc) is 3.17. The maximum atomic E-state index is 12.3. The van der Waals surface area contributed by atoms with E-state index in [9.17, 15) is 9.59 Å². The first kappa shape index (κ1) is 24.7. The van der Waals surface area contributed by atoms with E-state index in [1.54, 1.807) is 0 Å². The number of benzene rings is 1. The van der Waals surface area contributed by atoms with Crippen LogP contribution in [0.15, 0.2) is 32.9 Å². The normalized spacial score (nSPS) is 12.0. The number of nitrogens with one attached hydrogen (secondary N) is 2. The van der Waals surface area contributed by atoms with Crippen LogP contribution in [0.25, 0.3) is 0 Å². The SMILES string of the molecule is CCCNC(=O)CSc1nnc(SCC(=O)NC(C)c2ccc(CC(C)C)cc2)s1. The van der Waals surface area contributed by atoms with Gasteiger partial charge in [-0.15, -0.1) is 10.2 Å². The van der Waals surface area contributed by atoms with Crippen molar-refractivity contribution < 1.29 is 9.59 Å². The van der Waals surface area contributed by atoms with Crippen LogP contribution in [0.5, 0.6) is 0 Å². The Morgan fingerprint density at radius 2 is 1.60 bits per heavy atom. The second kappa shape index (κ2) is 13.0. The first-order valence-electron chi connectivity index (χ1n) is 10.1. The predicted octanol–water partition coefficient (Wildman–Crippen LogP) is 4.32. The lowest BCUT2D eigenvalue weighted by molar-refractivity contribution is -0.119. The molecule has 0 aliphatic heterocycles. The first-order chi connectivity index (χ1) is 14.4. The smallest absolute Gasteiger partial charge is 0.230 e. The summed E-state index contributed by atoms with van der Waals surface area (Å²) in [4.78, 5) is 23.9. The Balaban J connectivity index is 1.74. The Labute approximate surface area is 191 Å². The molecule has 0 saturated heterocycles. The number of amides is 2. The summed E-state index contributed by atoms with van der Waals surface area (Å²) >= 11 is 4.13. The molecule has 0 spiro atoms. The van der Waals surface area contributed by atoms with Gasteiger partial charge in [0, 0.05) is 6.54 Å². The van der Waals surface area contributed by atoms with Crippen molar-refractivity contribution in [3.8, 4) is 0 Å². The van der Waals surface area contributed by atoms with Gasteiger partial charge in [-0.05, 0) is 36.8 Å². The minimum absolute atomic E-state index is 0.00291. The van der Waals surface area contributed by atoms with Crippen molar-refractivity contribution in [2.45, 2.75) is 55.3 Å². The van der Waals surface area contributed by atoms with Crippen molar-refractivity contribution in [2.24, 2.45) is 5.92 Å². The summed E-state index contributed by atoms with van der Waals surface area (Å²) < 4.78 is 1.46. The summed E-state index contributed by atoms with van der Waals surface area (Å²) in [5.41, 5.74) is 2.41. The van der Waals surface area contributed by atoms with Crippen LogP contribution in [-0.4, -0.2) is 40.1 Å². The number of carbonyl (C=O) groups is 2. The van der Waals surface area contributed by atoms with Crippen LogP contribution in [0.1, 0.15) is 51.3 Å². The molecule has 1 heterocycles. The van der Waals surface area contributed by atoms with Gasteiger partial charge in [0.2, 0.25) is 11.8 Å². The van der Waals surface area contributed by atoms with E-state index >= 15 is 0 Å². The average molecular weight is 467 g/mol. The van der Waals surface area contributed by atoms with Crippen molar-refractivity contribution in [1.82, 2.24) is 20.8 Å². The van der Waals surface area contributed by atoms with Gasteiger partial charge in [-0.1, -0.05) is 79.9 Å². The molecule has 0 aliphatic rings. The zero-order chi connectivity index (χ0) is 21.9. The number of hydrogen-bond donors (Lipinski definition) is 2. The minimum Gasteiger partial charge on any atom is -0.355 e. The third kappa shape index (κ3) is 9.06. The van der Waals surface area contributed by atoms with Gasteiger partial charge in [-0.25, -0.2) is 0 Å². The van der Waals surface area contributed by atoms with Crippen LogP contribution in [-0.2, 0) is 16.0 Å². The molecular formula is C21H30N4O2S3. The minimum atomic E-state index is -0.0478. The van der Waals surface area contributed by atoms with Crippen molar-refractivity contribution in [2.75, 3.05) is 18.1 Å². The van der Waals surface area contributed by atoms with Crippen LogP contribution in [0.4, 0.5) is 0 Å². The van der Waals surface area contributed by atoms with E-state index in [2.05, 4.69) is 58.9 Å². The highest BCUT2D eigenvalue weighted by atomic mass is 32.2. The maximum absolute atomic E-state index is 12.3. The van der Waals surface area contributed by atoms with E-state index in [0.717, 1.165) is 27.1 Å². The molecule has 0 saturated carbocycles. The fourth-order valence-electron chi connectivity index (χ4n) is 2.66. The van der Waals surface area contributed by atoms with Crippen LogP contribution < -0.4 is 10.6 Å². The van der Waals surface area contributed by atoms with Gasteiger partial charge < -0.3 is 10.6 Å². The summed E-state index contributed by atoms with van der Waals surface area (Å²) in [5, 5.41) is 14.0. The molecule has 2 aromatic rings. The van der Waals surface area contributed by atoms with Crippen molar-refractivity contribution in [3.05, 3.63) is 35.4 Å². The van der Waals surface area contributed by atoms with E-state index in [4.69, 9.17) is 0 Å². The van der Waals surface area contributed by atoms with Crippen LogP contribution in [0, 0.1) is 5.92 Å². The molecule has 2 N–H and O–H groups in total. The fourth-order valence-corrected chi connectivity index (χ4v) is 5.33. The van der Waals surface area contributed by atoms with Gasteiger partial charge >= 0.3 is 0 Å². The first-order valence-corrected chi connectivity index (χ1v) is 12.9. The molecule has 0 radical (unpaired) electrons. The van der Waals surface area contributed by atoms with E-state index in [1.165, 1.54) is 40.4 Å². The molecule has 1 aromatic carbocycles. The van der Waals surface area contributed by atoms with Crippen LogP contribution in [0.2, 0.25) is 0 Å². The van der Waals surface area contributed by atoms with E-state index in [-0.39, 0.29) is 23.6 Å². The van der Waals surface area contributed by atoms with Gasteiger partial charge in [-0.3, -0.25) is 9.59 Å². The molecular weight excluding hydrogens is 436 g/mol. The fraction of sp³-hybridized carbons (Fsp3) is 0.524. The summed E-state index contributed by atoms with van der Waals surface area (Å²) in [6.07, 6.45) is 1.98. The third-order valence-corrected chi connectivity index (χ3v) is 7.30. The zero-order valence-electron chi connectivity index (χ0n) is 17.9. The molecule has 1 unspecified atom stereocenters. The van der Waals surface area contributed by atoms with Crippen molar-refractivity contribution in [1.29, 1.82) is 0 Å². The number of carbonyl (C=O) groups excluding carboxylic acids is 2. The molecule has 2 amide bonds. The number of aromatic nitrogens is 2. The molecule has 6 nitrogen and oxygen atoms in total. The molecule has 0 bridgehead atoms. The highest BCUT2D eigenvalue weighted by Crippen LogP contribution is 2.28. The molecule has 9 heteroatoms. The Morgan fingerprint density at radius 3 is 2.17 bits per heavy atom. The topological polar surface area (TPSA) is 84.0 Å². The molecule has 0 fully saturated rings. The summed E-state index contributed by atoms with van der Waals surface area (Å²) in [6.45, 7) is 9.11. The maximum Gasteiger partial charge on any atom is 0.230 e. The molecule has 164 valence electrons. The van der Waals surface area contributed by atoms with Crippen molar-refractivity contribution >= 4 is 46.7 Å². The van der Waals surface area contributed by atoms with E-state index in [0.29, 0.717) is 18.2 Å². The van der Waals surface area contributed by atoms with Crippen molar-refractivity contribution in [3.63, 3.8) is 0 Å². The van der Waals surface area contributed by atoms with Gasteiger partial charge in [0.1, 0.15) is 0 Å². The molecule has 2 rings (SSSR count). The number of hydrogen-bond acceptors (Lipinski definition) is 7. The van der Waals surface area contributed by atoms with E-state index in [1.807, 2.05) is 13.8 Å². The van der Waals surface area contributed by atoms with Gasteiger partial charge in [-0.2, -0.15) is 0 Å². The molecule has 0 aliphatic carbocycles. The largest absolute Gasteiger partial charge is 0.355 e. The van der Waals surface area contributed by atoms with Crippen LogP contribution in [0.3, 0.4) is 0 Å². The second-order valence-electron chi connectivity index (χ2n) is 7.39. The second-order valence-corrected chi connectivity index (χ2v) is 10.8. The number of nitrogens with zero attached hydrogens (tertiary/aromatic N) is 2. The Morgan fingerprint density at radius 1 is 1.00 bits per heavy atom. The summed E-state index contributed by atoms with van der Waals surface area (Å²) in [7, 11) is 0. The lowest BCUT2D eigenvalue weighted by atomic mass is 10.00. The quantitative estimate of drug-likeness (QED) is 0.453. The van der Waals surface area contributed by atoms with Gasteiger partial charge in [0.25, 0.3) is 0 Å². The highest BCUT2D eigenvalue weighted by Gasteiger charge is 2.13. The monoisotopic (exact) mass is 466 g/mol. The highest BCUT2D eigenvalue weighted by molar-refractivity contribution is 8.03. The Bertz CT molecular complexity index is 809. The Hall–Kier alpha value is -1.58. The third-order valence-electron chi connectivity index (χ3n) is 4.11. The zero-order valence-corrected chi connectivity index (χ0v) is 20.4. The molecule has 1 atom stereocenters. The standard InChI is InChI=1S/C21H30N4O2S3/c1-5-10-22-18(26)12-28-20-24-25-21(30-20)29-13-19(27)23-15(4)17-8-6-16(7-9-17)11-14(2)3/h6-9,14-15H,5,10-13H2,1-4H3,(H,22,26)(H,23,27). The van der Waals surface area contributed by atoms with Gasteiger partial charge in [0.05, 0.1) is 17.5 Å². The number of thioether (sulfide) groups is 2. The van der Waals surface area contributed by atoms with E-state index < -0.39 is 0 Å². The Kier molecular flexibility index (Phi) is 10.7. The lowest BCUT2D eigenvalue weighted by Gasteiger charge is -2.15. The molecule has 30 heavy (non-hydrogen) atoms. The lowest BCUT2D eigenvalue weighted by Crippen LogP contribution is -2.28. The predicted molar refractivity (Wildman–Crippen MR) is 126 cm³/mol. The summed E-state index contributed by atoms with van der Waals surface area (Å²) in [5.74, 6) is 1.20. The number of rotatable bonds is 12.